The molecule has 1 aromatic carbocycles. The van der Waals surface area contributed by atoms with Crippen molar-refractivity contribution in [3.8, 4) is 12.1 Å². The molecule has 8 nitrogen and oxygen atoms in total. The van der Waals surface area contributed by atoms with Crippen LogP contribution in [-0.2, 0) is 19.1 Å². The fraction of sp³-hybridized carbons (Fsp3) is 0.292. The number of carbonyl (C=O) groups is 2. The van der Waals surface area contributed by atoms with Crippen LogP contribution in [0.15, 0.2) is 65.0 Å². The third-order valence-electron chi connectivity index (χ3n) is 5.88. The Morgan fingerprint density at radius 1 is 1.03 bits per heavy atom. The number of nitrogens with zero attached hydrogens (tertiary/aromatic N) is 3. The van der Waals surface area contributed by atoms with Gasteiger partial charge < -0.3 is 14.6 Å². The minimum atomic E-state index is -1.96. The SMILES string of the molecule is COC(=O)C1=C(O)[C@@H](C(=O)OC)[C@@H](c2ccncc2)C(C#N)(C#N)[C@@H]1c1ccc(SC)cc1. The molecule has 3 atom stereocenters. The van der Waals surface area contributed by atoms with E-state index in [4.69, 9.17) is 9.47 Å². The molecule has 2 aromatic rings. The molecule has 0 saturated heterocycles. The fourth-order valence-electron chi connectivity index (χ4n) is 4.40. The molecule has 1 aliphatic rings. The van der Waals surface area contributed by atoms with Gasteiger partial charge in [0.2, 0.25) is 0 Å². The van der Waals surface area contributed by atoms with Crippen LogP contribution in [0.4, 0.5) is 0 Å². The summed E-state index contributed by atoms with van der Waals surface area (Å²) in [6.07, 6.45) is 4.82. The zero-order chi connectivity index (χ0) is 24.2. The van der Waals surface area contributed by atoms with Crippen molar-refractivity contribution in [2.24, 2.45) is 11.3 Å². The Bertz CT molecular complexity index is 1150. The third kappa shape index (κ3) is 3.92. The third-order valence-corrected chi connectivity index (χ3v) is 6.63. The average Bonchev–Trinajstić information content (AvgIpc) is 2.87. The molecular formula is C24H21N3O5S. The van der Waals surface area contributed by atoms with Crippen molar-refractivity contribution in [2.45, 2.75) is 16.7 Å². The minimum absolute atomic E-state index is 0.321. The highest BCUT2D eigenvalue weighted by molar-refractivity contribution is 7.98. The first-order chi connectivity index (χ1) is 15.9. The van der Waals surface area contributed by atoms with E-state index in [0.717, 1.165) is 19.1 Å². The van der Waals surface area contributed by atoms with Gasteiger partial charge in [0.1, 0.15) is 11.7 Å². The Morgan fingerprint density at radius 3 is 2.12 bits per heavy atom. The molecule has 1 heterocycles. The number of hydrogen-bond acceptors (Lipinski definition) is 9. The largest absolute Gasteiger partial charge is 0.511 e. The van der Waals surface area contributed by atoms with E-state index in [2.05, 4.69) is 17.1 Å². The Balaban J connectivity index is 2.45. The number of aliphatic hydroxyl groups is 1. The van der Waals surface area contributed by atoms with Gasteiger partial charge in [0.05, 0.1) is 37.8 Å². The molecule has 0 fully saturated rings. The lowest BCUT2D eigenvalue weighted by atomic mass is 9.54. The average molecular weight is 464 g/mol. The van der Waals surface area contributed by atoms with Crippen molar-refractivity contribution in [1.82, 2.24) is 4.98 Å². The molecule has 0 saturated carbocycles. The van der Waals surface area contributed by atoms with Gasteiger partial charge in [0.15, 0.2) is 5.41 Å². The number of benzene rings is 1. The predicted octanol–water partition coefficient (Wildman–Crippen LogP) is 3.49. The summed E-state index contributed by atoms with van der Waals surface area (Å²) in [7, 11) is 2.25. The molecule has 168 valence electrons. The molecule has 0 unspecified atom stereocenters. The van der Waals surface area contributed by atoms with E-state index in [1.165, 1.54) is 24.2 Å². The van der Waals surface area contributed by atoms with Gasteiger partial charge in [-0.1, -0.05) is 12.1 Å². The Hall–Kier alpha value is -3.82. The molecule has 33 heavy (non-hydrogen) atoms. The van der Waals surface area contributed by atoms with Crippen molar-refractivity contribution < 1.29 is 24.2 Å². The van der Waals surface area contributed by atoms with Gasteiger partial charge in [-0.2, -0.15) is 10.5 Å². The van der Waals surface area contributed by atoms with Crippen LogP contribution in [0.5, 0.6) is 0 Å². The summed E-state index contributed by atoms with van der Waals surface area (Å²) < 4.78 is 9.80. The number of aliphatic hydroxyl groups excluding tert-OH is 1. The zero-order valence-corrected chi connectivity index (χ0v) is 19.0. The number of thioether (sulfide) groups is 1. The molecule has 3 rings (SSSR count). The molecule has 0 aliphatic heterocycles. The van der Waals surface area contributed by atoms with Gasteiger partial charge in [0.25, 0.3) is 0 Å². The summed E-state index contributed by atoms with van der Waals surface area (Å²) in [5.41, 5.74) is -1.41. The molecule has 1 aromatic heterocycles. The van der Waals surface area contributed by atoms with Crippen molar-refractivity contribution in [3.05, 3.63) is 71.3 Å². The number of hydrogen-bond donors (Lipinski definition) is 1. The van der Waals surface area contributed by atoms with Crippen LogP contribution in [0.25, 0.3) is 0 Å². The maximum Gasteiger partial charge on any atom is 0.337 e. The van der Waals surface area contributed by atoms with Gasteiger partial charge >= 0.3 is 11.9 Å². The van der Waals surface area contributed by atoms with Crippen LogP contribution in [0.3, 0.4) is 0 Å². The summed E-state index contributed by atoms with van der Waals surface area (Å²) >= 11 is 1.50. The lowest BCUT2D eigenvalue weighted by Crippen LogP contribution is -2.47. The highest BCUT2D eigenvalue weighted by atomic mass is 32.2. The summed E-state index contributed by atoms with van der Waals surface area (Å²) in [5.74, 6) is -6.25. The molecule has 9 heteroatoms. The van der Waals surface area contributed by atoms with Crippen molar-refractivity contribution >= 4 is 23.7 Å². The molecular weight excluding hydrogens is 442 g/mol. The number of pyridine rings is 1. The maximum atomic E-state index is 12.9. The van der Waals surface area contributed by atoms with Crippen LogP contribution in [0.2, 0.25) is 0 Å². The molecule has 1 aliphatic carbocycles. The summed E-state index contributed by atoms with van der Waals surface area (Å²) in [6.45, 7) is 0. The van der Waals surface area contributed by atoms with Gasteiger partial charge in [-0.3, -0.25) is 9.78 Å². The zero-order valence-electron chi connectivity index (χ0n) is 18.2. The highest BCUT2D eigenvalue weighted by Gasteiger charge is 2.61. The molecule has 0 bridgehead atoms. The number of methoxy groups -OCH3 is 2. The van der Waals surface area contributed by atoms with Crippen molar-refractivity contribution in [2.75, 3.05) is 20.5 Å². The van der Waals surface area contributed by atoms with Crippen LogP contribution >= 0.6 is 11.8 Å². The molecule has 0 spiro atoms. The lowest BCUT2D eigenvalue weighted by Gasteiger charge is -2.44. The number of esters is 2. The van der Waals surface area contributed by atoms with Crippen LogP contribution in [0.1, 0.15) is 23.0 Å². The van der Waals surface area contributed by atoms with E-state index in [1.54, 1.807) is 36.4 Å². The lowest BCUT2D eigenvalue weighted by molar-refractivity contribution is -0.147. The van der Waals surface area contributed by atoms with E-state index >= 15 is 0 Å². The second-order valence-electron chi connectivity index (χ2n) is 7.35. The van der Waals surface area contributed by atoms with E-state index < -0.39 is 40.9 Å². The number of rotatable bonds is 5. The number of aromatic nitrogens is 1. The minimum Gasteiger partial charge on any atom is -0.511 e. The summed E-state index contributed by atoms with van der Waals surface area (Å²) in [6, 6.07) is 14.3. The highest BCUT2D eigenvalue weighted by Crippen LogP contribution is 2.58. The number of ether oxygens (including phenoxy) is 2. The number of carbonyl (C=O) groups excluding carboxylic acids is 2. The monoisotopic (exact) mass is 463 g/mol. The molecule has 0 radical (unpaired) electrons. The van der Waals surface area contributed by atoms with Crippen LogP contribution < -0.4 is 0 Å². The Morgan fingerprint density at radius 2 is 1.64 bits per heavy atom. The standard InChI is InChI=1S/C24H21N3O5S/c1-31-22(29)17-19(14-4-6-16(33-3)7-5-14)24(12-25,13-26)20(15-8-10-27-11-9-15)18(21(17)28)23(30)32-2/h4-11,18-20,28H,1-3H3/t18-,19+,20+/m0/s1. The van der Waals surface area contributed by atoms with E-state index in [-0.39, 0.29) is 5.57 Å². The summed E-state index contributed by atoms with van der Waals surface area (Å²) in [5, 5.41) is 32.1. The van der Waals surface area contributed by atoms with Gasteiger partial charge in [0, 0.05) is 23.2 Å². The van der Waals surface area contributed by atoms with Crippen LogP contribution in [0, 0.1) is 34.0 Å². The van der Waals surface area contributed by atoms with Crippen molar-refractivity contribution in [3.63, 3.8) is 0 Å². The van der Waals surface area contributed by atoms with Crippen LogP contribution in [-0.4, -0.2) is 42.5 Å². The van der Waals surface area contributed by atoms with Crippen molar-refractivity contribution in [1.29, 1.82) is 10.5 Å². The van der Waals surface area contributed by atoms with E-state index in [1.807, 2.05) is 6.26 Å². The second kappa shape index (κ2) is 9.76. The van der Waals surface area contributed by atoms with E-state index in [9.17, 15) is 25.2 Å². The topological polar surface area (TPSA) is 133 Å². The predicted molar refractivity (Wildman–Crippen MR) is 119 cm³/mol. The maximum absolute atomic E-state index is 12.9. The molecule has 1 N–H and O–H groups in total. The summed E-state index contributed by atoms with van der Waals surface area (Å²) in [4.78, 5) is 30.6. The van der Waals surface area contributed by atoms with E-state index in [0.29, 0.717) is 11.1 Å². The quantitative estimate of drug-likeness (QED) is 0.522. The first kappa shape index (κ1) is 23.8. The smallest absolute Gasteiger partial charge is 0.337 e. The Kier molecular flexibility index (Phi) is 7.05. The van der Waals surface area contributed by atoms with Gasteiger partial charge in [-0.05, 0) is 41.6 Å². The van der Waals surface area contributed by atoms with Gasteiger partial charge in [-0.25, -0.2) is 4.79 Å². The fourth-order valence-corrected chi connectivity index (χ4v) is 4.80. The normalized spacial score (nSPS) is 21.4. The first-order valence-electron chi connectivity index (χ1n) is 9.85. The first-order valence-corrected chi connectivity index (χ1v) is 11.1. The second-order valence-corrected chi connectivity index (χ2v) is 8.23. The molecule has 0 amide bonds. The van der Waals surface area contributed by atoms with Gasteiger partial charge in [-0.15, -0.1) is 11.8 Å². The Labute approximate surface area is 195 Å². The number of nitriles is 2.